The number of hydrogen-bond acceptors (Lipinski definition) is 4. The van der Waals surface area contributed by atoms with Crippen LogP contribution in [0.2, 0.25) is 5.02 Å². The molecule has 5 nitrogen and oxygen atoms in total. The van der Waals surface area contributed by atoms with Gasteiger partial charge in [-0.15, -0.1) is 0 Å². The molecule has 0 saturated carbocycles. The largest absolute Gasteiger partial charge is 1.00 e. The average molecular weight is 387 g/mol. The molecule has 0 unspecified atom stereocenters. The zero-order chi connectivity index (χ0) is 17.8. The molecule has 2 rings (SSSR count). The second-order valence-electron chi connectivity index (χ2n) is 4.94. The van der Waals surface area contributed by atoms with Gasteiger partial charge in [-0.05, 0) is 23.8 Å². The van der Waals surface area contributed by atoms with E-state index in [1.165, 1.54) is 0 Å². The molecule has 138 valence electrons. The number of aliphatic carboxylic acids is 1. The van der Waals surface area contributed by atoms with Gasteiger partial charge in [0.15, 0.2) is 0 Å². The Balaban J connectivity index is 0.00000104. The standard InChI is InChI=1S/C16H18ClNO2.C2H4O2.ClH/c17-16-4-2-1-3-14(16)12-20-15-7-5-13(6-8-15)11-18-9-10-19;1-2(3)4;/h1-8,18-19H,9-12H2;1H3,(H,3,4);1H/p-1. The Bertz CT molecular complexity index is 617. The highest BCUT2D eigenvalue weighted by atomic mass is 35.5. The van der Waals surface area contributed by atoms with Crippen LogP contribution in [0.25, 0.3) is 0 Å². The number of carbonyl (C=O) groups is 1. The van der Waals surface area contributed by atoms with Crippen LogP contribution in [0.15, 0.2) is 48.5 Å². The molecule has 0 radical (unpaired) electrons. The zero-order valence-electron chi connectivity index (χ0n) is 13.9. The van der Waals surface area contributed by atoms with E-state index in [1.54, 1.807) is 0 Å². The predicted molar refractivity (Wildman–Crippen MR) is 94.3 cm³/mol. The molecule has 0 spiro atoms. The summed E-state index contributed by atoms with van der Waals surface area (Å²) in [5.41, 5.74) is 2.13. The summed E-state index contributed by atoms with van der Waals surface area (Å²) in [6, 6.07) is 15.5. The Kier molecular flexibility index (Phi) is 12.5. The van der Waals surface area contributed by atoms with E-state index in [9.17, 15) is 0 Å². The highest BCUT2D eigenvalue weighted by Gasteiger charge is 2.00. The summed E-state index contributed by atoms with van der Waals surface area (Å²) >= 11 is 6.08. The van der Waals surface area contributed by atoms with Gasteiger partial charge >= 0.3 is 0 Å². The lowest BCUT2D eigenvalue weighted by molar-refractivity contribution is -0.134. The number of rotatable bonds is 7. The maximum Gasteiger partial charge on any atom is 0.300 e. The summed E-state index contributed by atoms with van der Waals surface area (Å²) < 4.78 is 5.71. The molecular formula is C18H22Cl2NO4-. The lowest BCUT2D eigenvalue weighted by Crippen LogP contribution is -3.00. The highest BCUT2D eigenvalue weighted by molar-refractivity contribution is 6.31. The summed E-state index contributed by atoms with van der Waals surface area (Å²) in [4.78, 5) is 9.00. The van der Waals surface area contributed by atoms with Gasteiger partial charge in [-0.2, -0.15) is 0 Å². The average Bonchev–Trinajstić information content (AvgIpc) is 2.55. The first-order valence-electron chi connectivity index (χ1n) is 7.49. The van der Waals surface area contributed by atoms with E-state index in [1.807, 2.05) is 48.5 Å². The van der Waals surface area contributed by atoms with Crippen LogP contribution in [0.4, 0.5) is 0 Å². The smallest absolute Gasteiger partial charge is 0.300 e. The maximum atomic E-state index is 9.00. The van der Waals surface area contributed by atoms with Gasteiger partial charge in [0.2, 0.25) is 0 Å². The third-order valence-electron chi connectivity index (χ3n) is 2.89. The number of carboxylic acids is 1. The van der Waals surface area contributed by atoms with Gasteiger partial charge in [0.1, 0.15) is 12.4 Å². The van der Waals surface area contributed by atoms with Crippen molar-refractivity contribution in [3.05, 3.63) is 64.7 Å². The minimum absolute atomic E-state index is 0. The SMILES string of the molecule is CC(=O)O.OCCNCc1ccc(OCc2ccccc2Cl)cc1.[Cl-]. The van der Waals surface area contributed by atoms with E-state index >= 15 is 0 Å². The monoisotopic (exact) mass is 386 g/mol. The molecule has 0 atom stereocenters. The number of ether oxygens (including phenoxy) is 1. The molecule has 0 aliphatic carbocycles. The van der Waals surface area contributed by atoms with E-state index < -0.39 is 5.97 Å². The molecule has 2 aromatic carbocycles. The molecule has 0 amide bonds. The number of halogens is 2. The molecule has 0 aliphatic rings. The molecule has 7 heteroatoms. The third-order valence-corrected chi connectivity index (χ3v) is 3.26. The van der Waals surface area contributed by atoms with E-state index in [0.29, 0.717) is 13.2 Å². The highest BCUT2D eigenvalue weighted by Crippen LogP contribution is 2.18. The van der Waals surface area contributed by atoms with Crippen molar-refractivity contribution in [3.63, 3.8) is 0 Å². The molecule has 0 aliphatic heterocycles. The minimum Gasteiger partial charge on any atom is -1.00 e. The van der Waals surface area contributed by atoms with Crippen molar-refractivity contribution in [2.75, 3.05) is 13.2 Å². The summed E-state index contributed by atoms with van der Waals surface area (Å²) in [6.45, 7) is 3.04. The number of benzene rings is 2. The van der Waals surface area contributed by atoms with Crippen LogP contribution in [0.5, 0.6) is 5.75 Å². The normalized spacial score (nSPS) is 9.40. The van der Waals surface area contributed by atoms with Crippen LogP contribution in [-0.4, -0.2) is 29.3 Å². The van der Waals surface area contributed by atoms with E-state index in [2.05, 4.69) is 5.32 Å². The number of nitrogens with one attached hydrogen (secondary N) is 1. The molecule has 2 aromatic rings. The van der Waals surface area contributed by atoms with Gasteiger partial charge in [0.05, 0.1) is 6.61 Å². The van der Waals surface area contributed by atoms with Crippen LogP contribution in [0.3, 0.4) is 0 Å². The molecule has 0 aromatic heterocycles. The minimum atomic E-state index is -0.833. The van der Waals surface area contributed by atoms with Gasteiger partial charge in [-0.1, -0.05) is 41.9 Å². The first-order valence-corrected chi connectivity index (χ1v) is 7.87. The van der Waals surface area contributed by atoms with Crippen molar-refractivity contribution in [3.8, 4) is 5.75 Å². The lowest BCUT2D eigenvalue weighted by atomic mass is 10.2. The number of aliphatic hydroxyl groups excluding tert-OH is 1. The topological polar surface area (TPSA) is 78.8 Å². The fourth-order valence-electron chi connectivity index (χ4n) is 1.79. The first-order chi connectivity index (χ1) is 11.5. The van der Waals surface area contributed by atoms with Gasteiger partial charge in [0.25, 0.3) is 5.97 Å². The van der Waals surface area contributed by atoms with Crippen molar-refractivity contribution >= 4 is 17.6 Å². The number of carboxylic acid groups (broad SMARTS) is 1. The second kappa shape index (κ2) is 13.5. The Morgan fingerprint density at radius 3 is 2.32 bits per heavy atom. The quantitative estimate of drug-likeness (QED) is 0.588. The molecule has 25 heavy (non-hydrogen) atoms. The van der Waals surface area contributed by atoms with E-state index in [4.69, 9.17) is 31.3 Å². The number of hydrogen-bond donors (Lipinski definition) is 3. The maximum absolute atomic E-state index is 9.00. The number of aliphatic hydroxyl groups is 1. The van der Waals surface area contributed by atoms with E-state index in [0.717, 1.165) is 35.4 Å². The summed E-state index contributed by atoms with van der Waals surface area (Å²) in [7, 11) is 0. The third kappa shape index (κ3) is 10.6. The lowest BCUT2D eigenvalue weighted by Gasteiger charge is -2.09. The summed E-state index contributed by atoms with van der Waals surface area (Å²) in [5.74, 6) is -0.0178. The van der Waals surface area contributed by atoms with Crippen LogP contribution < -0.4 is 22.5 Å². The molecule has 0 saturated heterocycles. The Hall–Kier alpha value is -1.79. The van der Waals surface area contributed by atoms with Gasteiger partial charge in [-0.25, -0.2) is 0 Å². The molecular weight excluding hydrogens is 365 g/mol. The zero-order valence-corrected chi connectivity index (χ0v) is 15.4. The van der Waals surface area contributed by atoms with Crippen molar-refractivity contribution in [2.45, 2.75) is 20.1 Å². The second-order valence-corrected chi connectivity index (χ2v) is 5.35. The van der Waals surface area contributed by atoms with Gasteiger partial charge in [-0.3, -0.25) is 4.79 Å². The molecule has 0 bridgehead atoms. The van der Waals surface area contributed by atoms with Crippen molar-refractivity contribution < 1.29 is 32.2 Å². The van der Waals surface area contributed by atoms with E-state index in [-0.39, 0.29) is 19.0 Å². The summed E-state index contributed by atoms with van der Waals surface area (Å²) in [6.07, 6.45) is 0. The fraction of sp³-hybridized carbons (Fsp3) is 0.278. The van der Waals surface area contributed by atoms with Crippen molar-refractivity contribution in [1.29, 1.82) is 0 Å². The molecule has 0 fully saturated rings. The Labute approximate surface area is 159 Å². The van der Waals surface area contributed by atoms with Crippen molar-refractivity contribution in [1.82, 2.24) is 5.32 Å². The fourth-order valence-corrected chi connectivity index (χ4v) is 1.98. The van der Waals surface area contributed by atoms with Gasteiger partial charge in [0, 0.05) is 30.6 Å². The van der Waals surface area contributed by atoms with Gasteiger partial charge < -0.3 is 32.7 Å². The Morgan fingerprint density at radius 1 is 1.16 bits per heavy atom. The molecule has 0 heterocycles. The van der Waals surface area contributed by atoms with Crippen molar-refractivity contribution in [2.24, 2.45) is 0 Å². The first kappa shape index (κ1) is 23.2. The van der Waals surface area contributed by atoms with Crippen LogP contribution >= 0.6 is 11.6 Å². The predicted octanol–water partition coefficient (Wildman–Crippen LogP) is 0.0958. The van der Waals surface area contributed by atoms with Crippen LogP contribution in [-0.2, 0) is 17.9 Å². The van der Waals surface area contributed by atoms with Crippen LogP contribution in [0, 0.1) is 0 Å². The molecule has 3 N–H and O–H groups in total. The summed E-state index contributed by atoms with van der Waals surface area (Å²) in [5, 5.41) is 20.0. The van der Waals surface area contributed by atoms with Crippen LogP contribution in [0.1, 0.15) is 18.1 Å². The Morgan fingerprint density at radius 2 is 1.76 bits per heavy atom.